The van der Waals surface area contributed by atoms with E-state index in [1.807, 2.05) is 30.1 Å². The molecule has 1 atom stereocenters. The Morgan fingerprint density at radius 2 is 1.49 bits per heavy atom. The monoisotopic (exact) mass is 599 g/mol. The molecule has 10 rings (SSSR count). The van der Waals surface area contributed by atoms with E-state index in [4.69, 9.17) is 9.98 Å². The van der Waals surface area contributed by atoms with E-state index in [1.54, 1.807) is 12.4 Å². The van der Waals surface area contributed by atoms with Crippen molar-refractivity contribution >= 4 is 73.4 Å². The van der Waals surface area contributed by atoms with Gasteiger partial charge in [-0.1, -0.05) is 60.3 Å². The minimum atomic E-state index is -0.402. The van der Waals surface area contributed by atoms with Crippen molar-refractivity contribution in [2.75, 3.05) is 6.54 Å². The highest BCUT2D eigenvalue weighted by Crippen LogP contribution is 2.50. The van der Waals surface area contributed by atoms with Crippen LogP contribution in [0.3, 0.4) is 0 Å². The van der Waals surface area contributed by atoms with Gasteiger partial charge in [-0.05, 0) is 60.5 Å². The molecule has 0 fully saturated rings. The Bertz CT molecular complexity index is 2500. The molecule has 0 saturated carbocycles. The zero-order chi connectivity index (χ0) is 29.5. The van der Waals surface area contributed by atoms with Gasteiger partial charge in [0, 0.05) is 62.1 Å². The van der Waals surface area contributed by atoms with E-state index in [9.17, 15) is 0 Å². The molecule has 0 saturated heterocycles. The van der Waals surface area contributed by atoms with Crippen LogP contribution >= 0.6 is 11.8 Å². The van der Waals surface area contributed by atoms with Gasteiger partial charge in [-0.2, -0.15) is 0 Å². The summed E-state index contributed by atoms with van der Waals surface area (Å²) in [4.78, 5) is 21.5. The van der Waals surface area contributed by atoms with Crippen LogP contribution in [0.1, 0.15) is 18.2 Å². The Labute approximate surface area is 262 Å². The Morgan fingerprint density at radius 3 is 2.31 bits per heavy atom. The summed E-state index contributed by atoms with van der Waals surface area (Å²) in [7, 11) is 0. The molecule has 3 aliphatic rings. The Hall–Kier alpha value is -5.47. The van der Waals surface area contributed by atoms with Crippen molar-refractivity contribution in [1.29, 1.82) is 0 Å². The molecule has 0 amide bonds. The second kappa shape index (κ2) is 9.51. The molecule has 1 N–H and O–H groups in total. The van der Waals surface area contributed by atoms with Gasteiger partial charge < -0.3 is 9.88 Å². The minimum Gasteiger partial charge on any atom is -0.310 e. The maximum absolute atomic E-state index is 5.27. The summed E-state index contributed by atoms with van der Waals surface area (Å²) in [6, 6.07) is 32.5. The molecule has 8 heteroatoms. The maximum Gasteiger partial charge on any atom is 0.211 e. The van der Waals surface area contributed by atoms with Gasteiger partial charge in [-0.3, -0.25) is 14.5 Å². The highest BCUT2D eigenvalue weighted by atomic mass is 32.2. The zero-order valence-corrected chi connectivity index (χ0v) is 24.9. The van der Waals surface area contributed by atoms with E-state index in [0.717, 1.165) is 46.9 Å². The smallest absolute Gasteiger partial charge is 0.211 e. The summed E-state index contributed by atoms with van der Waals surface area (Å²) >= 11 is 1.84. The molecule has 7 aromatic rings. The molecular formula is C37H25N7S. The predicted octanol–water partition coefficient (Wildman–Crippen LogP) is 8.06. The van der Waals surface area contributed by atoms with Gasteiger partial charge in [-0.25, -0.2) is 9.98 Å². The van der Waals surface area contributed by atoms with E-state index in [2.05, 4.69) is 109 Å². The normalized spacial score (nSPS) is 17.3. The third-order valence-electron chi connectivity index (χ3n) is 9.00. The topological polar surface area (TPSA) is 71.9 Å². The number of benzene rings is 4. The number of pyridine rings is 1. The molecule has 4 aromatic carbocycles. The van der Waals surface area contributed by atoms with Crippen LogP contribution in [0.15, 0.2) is 140 Å². The predicted molar refractivity (Wildman–Crippen MR) is 184 cm³/mol. The third-order valence-corrected chi connectivity index (χ3v) is 10.1. The fraction of sp³-hybridized carbons (Fsp3) is 0.0811. The van der Waals surface area contributed by atoms with Crippen LogP contribution in [0.2, 0.25) is 0 Å². The molecule has 0 spiro atoms. The van der Waals surface area contributed by atoms with Crippen molar-refractivity contribution in [1.82, 2.24) is 19.4 Å². The highest BCUT2D eigenvalue weighted by Gasteiger charge is 2.29. The van der Waals surface area contributed by atoms with Crippen LogP contribution in [0, 0.1) is 0 Å². The number of hydrogen-bond acceptors (Lipinski definition) is 6. The van der Waals surface area contributed by atoms with Gasteiger partial charge in [0.05, 0.1) is 27.8 Å². The lowest BCUT2D eigenvalue weighted by molar-refractivity contribution is 0.740. The SMILES string of the molecule is C1=NCCC(C2=NC(c3ccncc3)N=C(n3c4ccccc4c4c5c6ccccc6n6c5c(cc43)Sc3ccccc3-6)N2)=C1. The summed E-state index contributed by atoms with van der Waals surface area (Å²) in [6.07, 6.45) is 7.97. The molecule has 45 heavy (non-hydrogen) atoms. The van der Waals surface area contributed by atoms with E-state index < -0.39 is 6.17 Å². The molecule has 3 aliphatic heterocycles. The molecule has 0 bridgehead atoms. The van der Waals surface area contributed by atoms with Gasteiger partial charge in [0.25, 0.3) is 0 Å². The molecule has 7 nitrogen and oxygen atoms in total. The first kappa shape index (κ1) is 24.9. The van der Waals surface area contributed by atoms with E-state index in [1.165, 1.54) is 48.1 Å². The third kappa shape index (κ3) is 3.60. The summed E-state index contributed by atoms with van der Waals surface area (Å²) in [5.74, 6) is 1.59. The lowest BCUT2D eigenvalue weighted by Gasteiger charge is -2.25. The number of para-hydroxylation sites is 3. The summed E-state index contributed by atoms with van der Waals surface area (Å²) in [5, 5.41) is 8.63. The lowest BCUT2D eigenvalue weighted by atomic mass is 10.1. The molecule has 0 radical (unpaired) electrons. The van der Waals surface area contributed by atoms with Gasteiger partial charge in [0.15, 0.2) is 6.17 Å². The number of aromatic nitrogens is 3. The zero-order valence-electron chi connectivity index (χ0n) is 24.1. The van der Waals surface area contributed by atoms with E-state index in [0.29, 0.717) is 0 Å². The minimum absolute atomic E-state index is 0.402. The number of hydrogen-bond donors (Lipinski definition) is 1. The molecule has 214 valence electrons. The number of nitrogens with one attached hydrogen (secondary N) is 1. The lowest BCUT2D eigenvalue weighted by Crippen LogP contribution is -2.40. The van der Waals surface area contributed by atoms with E-state index in [-0.39, 0.29) is 0 Å². The highest BCUT2D eigenvalue weighted by molar-refractivity contribution is 7.99. The average molecular weight is 600 g/mol. The van der Waals surface area contributed by atoms with Gasteiger partial charge in [-0.15, -0.1) is 0 Å². The van der Waals surface area contributed by atoms with Crippen molar-refractivity contribution in [2.24, 2.45) is 15.0 Å². The number of aliphatic imine (C=N–C) groups is 3. The molecule has 1 unspecified atom stereocenters. The summed E-state index contributed by atoms with van der Waals surface area (Å²) in [6.45, 7) is 0.748. The maximum atomic E-state index is 5.27. The van der Waals surface area contributed by atoms with Gasteiger partial charge in [0.2, 0.25) is 5.96 Å². The number of allylic oxidation sites excluding steroid dienone is 1. The average Bonchev–Trinajstić information content (AvgIpc) is 3.63. The van der Waals surface area contributed by atoms with Crippen LogP contribution in [-0.2, 0) is 0 Å². The van der Waals surface area contributed by atoms with Crippen LogP contribution in [0.4, 0.5) is 0 Å². The number of fused-ring (bicyclic) bond motifs is 9. The molecule has 6 heterocycles. The van der Waals surface area contributed by atoms with Crippen LogP contribution < -0.4 is 5.32 Å². The number of dihydropyridines is 1. The van der Waals surface area contributed by atoms with Crippen molar-refractivity contribution in [3.8, 4) is 5.69 Å². The Morgan fingerprint density at radius 1 is 0.733 bits per heavy atom. The van der Waals surface area contributed by atoms with Crippen molar-refractivity contribution in [2.45, 2.75) is 22.4 Å². The van der Waals surface area contributed by atoms with Crippen molar-refractivity contribution in [3.63, 3.8) is 0 Å². The van der Waals surface area contributed by atoms with Crippen molar-refractivity contribution < 1.29 is 0 Å². The largest absolute Gasteiger partial charge is 0.310 e. The summed E-state index contributed by atoms with van der Waals surface area (Å²) < 4.78 is 4.75. The second-order valence-electron chi connectivity index (χ2n) is 11.5. The molecular weight excluding hydrogens is 575 g/mol. The first-order valence-electron chi connectivity index (χ1n) is 15.1. The second-order valence-corrected chi connectivity index (χ2v) is 12.6. The Kier molecular flexibility index (Phi) is 5.27. The van der Waals surface area contributed by atoms with Gasteiger partial charge in [0.1, 0.15) is 5.84 Å². The van der Waals surface area contributed by atoms with E-state index >= 15 is 0 Å². The van der Waals surface area contributed by atoms with Gasteiger partial charge >= 0.3 is 0 Å². The quantitative estimate of drug-likeness (QED) is 0.219. The molecule has 3 aromatic heterocycles. The van der Waals surface area contributed by atoms with Crippen molar-refractivity contribution in [3.05, 3.63) is 121 Å². The van der Waals surface area contributed by atoms with Crippen LogP contribution in [0.5, 0.6) is 0 Å². The standard InChI is InChI=1S/C37H25N7S/c1-4-10-27-24(7-1)32-29(21-31-34-33(32)25-8-2-3-9-26(25)43(34)28-11-5-6-12-30(28)45-31)44(27)37-41-35(22-13-17-38-18-14-22)40-36(42-37)23-15-19-39-20-16-23/h1-15,17-19,21,35H,16,20H2,(H,40,41,42). The fourth-order valence-electron chi connectivity index (χ4n) is 7.06. The van der Waals surface area contributed by atoms with Crippen LogP contribution in [0.25, 0.3) is 49.3 Å². The first-order chi connectivity index (χ1) is 22.3. The number of rotatable bonds is 2. The Balaban J connectivity index is 1.31. The first-order valence-corrected chi connectivity index (χ1v) is 15.9. The fourth-order valence-corrected chi connectivity index (χ4v) is 8.17. The van der Waals surface area contributed by atoms with Crippen LogP contribution in [-0.4, -0.2) is 38.7 Å². The molecule has 0 aliphatic carbocycles. The summed E-state index contributed by atoms with van der Waals surface area (Å²) in [5.41, 5.74) is 8.06. The number of amidine groups is 1. The number of nitrogens with zero attached hydrogens (tertiary/aromatic N) is 6.